The molecule has 0 aliphatic carbocycles. The van der Waals surface area contributed by atoms with E-state index < -0.39 is 18.5 Å². The third-order valence-electron chi connectivity index (χ3n) is 1.61. The van der Waals surface area contributed by atoms with E-state index >= 15 is 0 Å². The van der Waals surface area contributed by atoms with Crippen molar-refractivity contribution in [2.45, 2.75) is 37.7 Å². The van der Waals surface area contributed by atoms with E-state index in [1.807, 2.05) is 13.8 Å². The normalized spacial score (nSPS) is 14.1. The summed E-state index contributed by atoms with van der Waals surface area (Å²) in [5, 5.41) is 2.24. The van der Waals surface area contributed by atoms with E-state index in [2.05, 4.69) is 21.2 Å². The van der Waals surface area contributed by atoms with E-state index in [1.165, 1.54) is 0 Å². The van der Waals surface area contributed by atoms with Crippen LogP contribution in [0.25, 0.3) is 0 Å². The van der Waals surface area contributed by atoms with Gasteiger partial charge in [0.15, 0.2) is 0 Å². The minimum atomic E-state index is -4.43. The van der Waals surface area contributed by atoms with Gasteiger partial charge in [0.05, 0.1) is 0 Å². The molecule has 0 aliphatic heterocycles. The Morgan fingerprint density at radius 3 is 2.33 bits per heavy atom. The number of alkyl halides is 4. The molecule has 0 fully saturated rings. The van der Waals surface area contributed by atoms with Crippen molar-refractivity contribution in [3.8, 4) is 0 Å². The largest absolute Gasteiger partial charge is 0.397 e. The number of amides is 1. The summed E-state index contributed by atoms with van der Waals surface area (Å²) in [7, 11) is 0. The number of hydrogen-bond acceptors (Lipinski definition) is 1. The van der Waals surface area contributed by atoms with Gasteiger partial charge < -0.3 is 5.32 Å². The van der Waals surface area contributed by atoms with Gasteiger partial charge >= 0.3 is 6.18 Å². The smallest absolute Gasteiger partial charge is 0.355 e. The lowest BCUT2D eigenvalue weighted by molar-refractivity contribution is -0.153. The standard InChI is InChI=1S/C9H15BrF3NO/c1-6(2)3-7(10)5-14-8(15)4-9(11,12)13/h6-7H,3-5H2,1-2H3,(H,14,15). The molecule has 0 bridgehead atoms. The third-order valence-corrected chi connectivity index (χ3v) is 2.31. The summed E-state index contributed by atoms with van der Waals surface area (Å²) in [5.74, 6) is -0.537. The number of carbonyl (C=O) groups is 1. The van der Waals surface area contributed by atoms with Crippen molar-refractivity contribution < 1.29 is 18.0 Å². The summed E-state index contributed by atoms with van der Waals surface area (Å²) in [5.41, 5.74) is 0. The summed E-state index contributed by atoms with van der Waals surface area (Å²) in [4.78, 5) is 10.8. The van der Waals surface area contributed by atoms with Gasteiger partial charge in [-0.1, -0.05) is 29.8 Å². The number of rotatable bonds is 5. The van der Waals surface area contributed by atoms with Gasteiger partial charge in [-0.3, -0.25) is 4.79 Å². The van der Waals surface area contributed by atoms with E-state index in [4.69, 9.17) is 0 Å². The second-order valence-corrected chi connectivity index (χ2v) is 5.12. The lowest BCUT2D eigenvalue weighted by atomic mass is 10.1. The maximum atomic E-state index is 11.8. The van der Waals surface area contributed by atoms with Crippen molar-refractivity contribution in [2.24, 2.45) is 5.92 Å². The molecule has 0 spiro atoms. The Balaban J connectivity index is 3.72. The quantitative estimate of drug-likeness (QED) is 0.775. The molecule has 0 radical (unpaired) electrons. The molecule has 0 aromatic heterocycles. The van der Waals surface area contributed by atoms with E-state index in [1.54, 1.807) is 0 Å². The summed E-state index contributed by atoms with van der Waals surface area (Å²) in [6.45, 7) is 4.24. The molecule has 0 saturated carbocycles. The van der Waals surface area contributed by atoms with Gasteiger partial charge in [0.1, 0.15) is 6.42 Å². The lowest BCUT2D eigenvalue weighted by Gasteiger charge is -2.13. The molecule has 0 aliphatic rings. The van der Waals surface area contributed by atoms with E-state index in [0.717, 1.165) is 6.42 Å². The SMILES string of the molecule is CC(C)CC(Br)CNC(=O)CC(F)(F)F. The first-order valence-corrected chi connectivity index (χ1v) is 5.60. The topological polar surface area (TPSA) is 29.1 Å². The lowest BCUT2D eigenvalue weighted by Crippen LogP contribution is -2.33. The van der Waals surface area contributed by atoms with Crippen molar-refractivity contribution in [1.82, 2.24) is 5.32 Å². The average molecular weight is 290 g/mol. The van der Waals surface area contributed by atoms with Crippen LogP contribution >= 0.6 is 15.9 Å². The van der Waals surface area contributed by atoms with Crippen molar-refractivity contribution in [1.29, 1.82) is 0 Å². The second kappa shape index (κ2) is 6.35. The molecule has 2 nitrogen and oxygen atoms in total. The second-order valence-electron chi connectivity index (χ2n) is 3.82. The van der Waals surface area contributed by atoms with Crippen molar-refractivity contribution in [3.05, 3.63) is 0 Å². The van der Waals surface area contributed by atoms with E-state index in [9.17, 15) is 18.0 Å². The Morgan fingerprint density at radius 1 is 1.40 bits per heavy atom. The highest BCUT2D eigenvalue weighted by Crippen LogP contribution is 2.19. The first-order chi connectivity index (χ1) is 6.70. The zero-order chi connectivity index (χ0) is 12.1. The molecule has 0 aromatic rings. The van der Waals surface area contributed by atoms with Gasteiger partial charge in [-0.15, -0.1) is 0 Å². The van der Waals surface area contributed by atoms with Gasteiger partial charge in [-0.05, 0) is 12.3 Å². The highest BCUT2D eigenvalue weighted by Gasteiger charge is 2.31. The summed E-state index contributed by atoms with van der Waals surface area (Å²) < 4.78 is 35.3. The highest BCUT2D eigenvalue weighted by molar-refractivity contribution is 9.09. The number of hydrogen-bond donors (Lipinski definition) is 1. The molecule has 0 aromatic carbocycles. The van der Waals surface area contributed by atoms with Crippen LogP contribution in [0, 0.1) is 5.92 Å². The van der Waals surface area contributed by atoms with Gasteiger partial charge in [0.25, 0.3) is 0 Å². The van der Waals surface area contributed by atoms with Crippen LogP contribution in [0.5, 0.6) is 0 Å². The zero-order valence-electron chi connectivity index (χ0n) is 8.70. The van der Waals surface area contributed by atoms with E-state index in [0.29, 0.717) is 5.92 Å². The van der Waals surface area contributed by atoms with Crippen LogP contribution in [0.2, 0.25) is 0 Å². The highest BCUT2D eigenvalue weighted by atomic mass is 79.9. The maximum absolute atomic E-state index is 11.8. The van der Waals surface area contributed by atoms with Crippen LogP contribution in [-0.2, 0) is 4.79 Å². The molecule has 6 heteroatoms. The fraction of sp³-hybridized carbons (Fsp3) is 0.889. The summed E-state index contributed by atoms with van der Waals surface area (Å²) >= 11 is 3.29. The minimum absolute atomic E-state index is 0.0229. The zero-order valence-corrected chi connectivity index (χ0v) is 10.3. The van der Waals surface area contributed by atoms with Gasteiger partial charge in [0, 0.05) is 11.4 Å². The summed E-state index contributed by atoms with van der Waals surface area (Å²) in [6.07, 6.45) is -5.02. The monoisotopic (exact) mass is 289 g/mol. The minimum Gasteiger partial charge on any atom is -0.355 e. The van der Waals surface area contributed by atoms with Crippen LogP contribution < -0.4 is 5.32 Å². The molecule has 1 amide bonds. The number of nitrogens with one attached hydrogen (secondary N) is 1. The first-order valence-electron chi connectivity index (χ1n) is 4.68. The van der Waals surface area contributed by atoms with E-state index in [-0.39, 0.29) is 11.4 Å². The molecule has 1 atom stereocenters. The maximum Gasteiger partial charge on any atom is 0.397 e. The van der Waals surface area contributed by atoms with Crippen molar-refractivity contribution in [2.75, 3.05) is 6.54 Å². The molecule has 1 unspecified atom stereocenters. The fourth-order valence-corrected chi connectivity index (χ4v) is 1.97. The Labute approximate surface area is 95.7 Å². The fourth-order valence-electron chi connectivity index (χ4n) is 1.06. The molecule has 1 N–H and O–H groups in total. The predicted molar refractivity (Wildman–Crippen MR) is 55.9 cm³/mol. The Hall–Kier alpha value is -0.260. The Bertz CT molecular complexity index is 206. The molecule has 0 saturated heterocycles. The average Bonchev–Trinajstić information content (AvgIpc) is 1.96. The molecular formula is C9H15BrF3NO. The van der Waals surface area contributed by atoms with Gasteiger partial charge in [0.2, 0.25) is 5.91 Å². The van der Waals surface area contributed by atoms with Gasteiger partial charge in [-0.2, -0.15) is 13.2 Å². The first kappa shape index (κ1) is 14.7. The number of carbonyl (C=O) groups excluding carboxylic acids is 1. The molecular weight excluding hydrogens is 275 g/mol. The Kier molecular flexibility index (Phi) is 6.24. The van der Waals surface area contributed by atoms with Gasteiger partial charge in [-0.25, -0.2) is 0 Å². The predicted octanol–water partition coefficient (Wildman–Crippen LogP) is 2.86. The van der Waals surface area contributed by atoms with Crippen LogP contribution in [-0.4, -0.2) is 23.5 Å². The van der Waals surface area contributed by atoms with Crippen LogP contribution in [0.15, 0.2) is 0 Å². The van der Waals surface area contributed by atoms with Crippen LogP contribution in [0.4, 0.5) is 13.2 Å². The van der Waals surface area contributed by atoms with Crippen LogP contribution in [0.1, 0.15) is 26.7 Å². The number of halogens is 4. The molecule has 0 heterocycles. The third kappa shape index (κ3) is 10.0. The van der Waals surface area contributed by atoms with Crippen molar-refractivity contribution >= 4 is 21.8 Å². The van der Waals surface area contributed by atoms with Crippen LogP contribution in [0.3, 0.4) is 0 Å². The molecule has 15 heavy (non-hydrogen) atoms. The Morgan fingerprint density at radius 2 is 1.93 bits per heavy atom. The molecule has 90 valence electrons. The summed E-state index contributed by atoms with van der Waals surface area (Å²) in [6, 6.07) is 0. The van der Waals surface area contributed by atoms with Crippen molar-refractivity contribution in [3.63, 3.8) is 0 Å². The molecule has 0 rings (SSSR count).